The molecule has 2 bridgehead atoms. The maximum absolute atomic E-state index is 5.93. The molecule has 4 atom stereocenters. The normalized spacial score (nSPS) is 37.2. The van der Waals surface area contributed by atoms with E-state index < -0.39 is 0 Å². The molecule has 0 aliphatic heterocycles. The third-order valence-corrected chi connectivity index (χ3v) is 4.57. The van der Waals surface area contributed by atoms with Crippen LogP contribution in [0.2, 0.25) is 0 Å². The Balaban J connectivity index is 1.86. The van der Waals surface area contributed by atoms with Crippen molar-refractivity contribution in [2.45, 2.75) is 65.3 Å². The summed E-state index contributed by atoms with van der Waals surface area (Å²) in [7, 11) is 0. The predicted molar refractivity (Wildman–Crippen MR) is 65.6 cm³/mol. The Kier molecular flexibility index (Phi) is 3.12. The molecule has 2 fully saturated rings. The Morgan fingerprint density at radius 3 is 2.47 bits per heavy atom. The summed E-state index contributed by atoms with van der Waals surface area (Å²) in [6.45, 7) is 6.95. The molecule has 0 saturated heterocycles. The molecule has 1 heteroatoms. The molecule has 0 radical (unpaired) electrons. The first-order valence-corrected chi connectivity index (χ1v) is 6.72. The number of rotatable bonds is 4. The van der Waals surface area contributed by atoms with Gasteiger partial charge in [-0.15, -0.1) is 0 Å². The first kappa shape index (κ1) is 11.4. The predicted octanol–water partition coefficient (Wildman–Crippen LogP) is 3.58. The zero-order valence-corrected chi connectivity index (χ0v) is 10.6. The quantitative estimate of drug-likeness (QED) is 0.752. The second-order valence-electron chi connectivity index (χ2n) is 6.98. The van der Waals surface area contributed by atoms with Gasteiger partial charge in [0.2, 0.25) is 0 Å². The zero-order chi connectivity index (χ0) is 11.1. The second kappa shape index (κ2) is 4.08. The standard InChI is InChI=1S/C14H27N/c1-10(15)8-14(2,3)9-13-7-11-4-5-12(13)6-11/h10-13H,4-9,15H2,1-3H3. The summed E-state index contributed by atoms with van der Waals surface area (Å²) in [5, 5.41) is 0. The highest BCUT2D eigenvalue weighted by molar-refractivity contribution is 4.92. The summed E-state index contributed by atoms with van der Waals surface area (Å²) >= 11 is 0. The van der Waals surface area contributed by atoms with Gasteiger partial charge in [-0.05, 0) is 62.2 Å². The molecule has 2 rings (SSSR count). The van der Waals surface area contributed by atoms with E-state index in [4.69, 9.17) is 5.73 Å². The molecule has 0 aromatic rings. The average Bonchev–Trinajstić information content (AvgIpc) is 2.60. The fourth-order valence-corrected chi connectivity index (χ4v) is 4.29. The van der Waals surface area contributed by atoms with E-state index in [2.05, 4.69) is 20.8 Å². The molecule has 88 valence electrons. The van der Waals surface area contributed by atoms with Gasteiger partial charge in [-0.1, -0.05) is 20.3 Å². The lowest BCUT2D eigenvalue weighted by Gasteiger charge is -2.33. The van der Waals surface area contributed by atoms with E-state index in [0.29, 0.717) is 11.5 Å². The van der Waals surface area contributed by atoms with Gasteiger partial charge >= 0.3 is 0 Å². The molecular weight excluding hydrogens is 182 g/mol. The Morgan fingerprint density at radius 1 is 1.27 bits per heavy atom. The van der Waals surface area contributed by atoms with Crippen molar-refractivity contribution < 1.29 is 0 Å². The van der Waals surface area contributed by atoms with Gasteiger partial charge in [0.25, 0.3) is 0 Å². The molecule has 2 aliphatic rings. The molecule has 0 heterocycles. The summed E-state index contributed by atoms with van der Waals surface area (Å²) < 4.78 is 0. The molecular formula is C14H27N. The molecule has 0 aromatic carbocycles. The van der Waals surface area contributed by atoms with Gasteiger partial charge in [-0.3, -0.25) is 0 Å². The molecule has 2 saturated carbocycles. The third-order valence-electron chi connectivity index (χ3n) is 4.57. The third kappa shape index (κ3) is 2.75. The second-order valence-corrected chi connectivity index (χ2v) is 6.98. The highest BCUT2D eigenvalue weighted by Crippen LogP contribution is 2.52. The first-order valence-electron chi connectivity index (χ1n) is 6.72. The Bertz CT molecular complexity index is 219. The van der Waals surface area contributed by atoms with Crippen LogP contribution in [-0.4, -0.2) is 6.04 Å². The van der Waals surface area contributed by atoms with Gasteiger partial charge < -0.3 is 5.73 Å². The number of hydrogen-bond acceptors (Lipinski definition) is 1. The van der Waals surface area contributed by atoms with Crippen molar-refractivity contribution in [3.8, 4) is 0 Å². The van der Waals surface area contributed by atoms with Crippen molar-refractivity contribution in [2.24, 2.45) is 28.9 Å². The van der Waals surface area contributed by atoms with Crippen LogP contribution in [0.1, 0.15) is 59.3 Å². The fraction of sp³-hybridized carbons (Fsp3) is 1.00. The molecule has 1 nitrogen and oxygen atoms in total. The Hall–Kier alpha value is -0.0400. The minimum Gasteiger partial charge on any atom is -0.328 e. The number of fused-ring (bicyclic) bond motifs is 2. The van der Waals surface area contributed by atoms with Crippen LogP contribution in [0, 0.1) is 23.2 Å². The van der Waals surface area contributed by atoms with Gasteiger partial charge in [0.15, 0.2) is 0 Å². The van der Waals surface area contributed by atoms with Crippen molar-refractivity contribution in [1.29, 1.82) is 0 Å². The topological polar surface area (TPSA) is 26.0 Å². The van der Waals surface area contributed by atoms with Gasteiger partial charge in [-0.25, -0.2) is 0 Å². The van der Waals surface area contributed by atoms with Crippen molar-refractivity contribution in [3.05, 3.63) is 0 Å². The van der Waals surface area contributed by atoms with Gasteiger partial charge in [-0.2, -0.15) is 0 Å². The van der Waals surface area contributed by atoms with E-state index >= 15 is 0 Å². The van der Waals surface area contributed by atoms with Crippen LogP contribution in [0.3, 0.4) is 0 Å². The van der Waals surface area contributed by atoms with E-state index in [1.807, 2.05) is 0 Å². The van der Waals surface area contributed by atoms with E-state index in [1.165, 1.54) is 32.1 Å². The molecule has 15 heavy (non-hydrogen) atoms. The van der Waals surface area contributed by atoms with Crippen molar-refractivity contribution >= 4 is 0 Å². The largest absolute Gasteiger partial charge is 0.328 e. The monoisotopic (exact) mass is 209 g/mol. The minimum absolute atomic E-state index is 0.360. The molecule has 0 spiro atoms. The highest BCUT2D eigenvalue weighted by Gasteiger charge is 2.41. The van der Waals surface area contributed by atoms with Crippen LogP contribution in [0.25, 0.3) is 0 Å². The lowest BCUT2D eigenvalue weighted by molar-refractivity contribution is 0.188. The van der Waals surface area contributed by atoms with Crippen LogP contribution >= 0.6 is 0 Å². The molecule has 2 aliphatic carbocycles. The smallest absolute Gasteiger partial charge is 0.00155 e. The van der Waals surface area contributed by atoms with Crippen LogP contribution in [0.4, 0.5) is 0 Å². The summed E-state index contributed by atoms with van der Waals surface area (Å²) in [4.78, 5) is 0. The fourth-order valence-electron chi connectivity index (χ4n) is 4.29. The lowest BCUT2D eigenvalue weighted by atomic mass is 9.73. The summed E-state index contributed by atoms with van der Waals surface area (Å²) in [6, 6.07) is 0.360. The molecule has 2 N–H and O–H groups in total. The van der Waals surface area contributed by atoms with E-state index in [9.17, 15) is 0 Å². The molecule has 0 aromatic heterocycles. The van der Waals surface area contributed by atoms with Gasteiger partial charge in [0.05, 0.1) is 0 Å². The van der Waals surface area contributed by atoms with Crippen LogP contribution in [0.15, 0.2) is 0 Å². The summed E-state index contributed by atoms with van der Waals surface area (Å²) in [5.74, 6) is 3.19. The maximum Gasteiger partial charge on any atom is 0.00155 e. The minimum atomic E-state index is 0.360. The molecule has 4 unspecified atom stereocenters. The Morgan fingerprint density at radius 2 is 2.00 bits per heavy atom. The van der Waals surface area contributed by atoms with Crippen LogP contribution in [0.5, 0.6) is 0 Å². The first-order chi connectivity index (χ1) is 6.96. The van der Waals surface area contributed by atoms with Crippen molar-refractivity contribution in [1.82, 2.24) is 0 Å². The summed E-state index contributed by atoms with van der Waals surface area (Å²) in [5.41, 5.74) is 6.39. The van der Waals surface area contributed by atoms with Crippen LogP contribution < -0.4 is 5.73 Å². The van der Waals surface area contributed by atoms with E-state index in [0.717, 1.165) is 17.8 Å². The van der Waals surface area contributed by atoms with Gasteiger partial charge in [0.1, 0.15) is 0 Å². The van der Waals surface area contributed by atoms with Crippen LogP contribution in [-0.2, 0) is 0 Å². The van der Waals surface area contributed by atoms with E-state index in [1.54, 1.807) is 6.42 Å². The number of hydrogen-bond donors (Lipinski definition) is 1. The molecule has 0 amide bonds. The lowest BCUT2D eigenvalue weighted by Crippen LogP contribution is -2.28. The maximum atomic E-state index is 5.93. The summed E-state index contributed by atoms with van der Waals surface area (Å²) in [6.07, 6.45) is 8.70. The van der Waals surface area contributed by atoms with Crippen molar-refractivity contribution in [2.75, 3.05) is 0 Å². The van der Waals surface area contributed by atoms with Gasteiger partial charge in [0, 0.05) is 6.04 Å². The highest BCUT2D eigenvalue weighted by atomic mass is 14.6. The SMILES string of the molecule is CC(N)CC(C)(C)CC1CC2CCC1C2. The average molecular weight is 209 g/mol. The van der Waals surface area contributed by atoms with Crippen molar-refractivity contribution in [3.63, 3.8) is 0 Å². The zero-order valence-electron chi connectivity index (χ0n) is 10.6. The number of nitrogens with two attached hydrogens (primary N) is 1. The van der Waals surface area contributed by atoms with E-state index in [-0.39, 0.29) is 0 Å². The Labute approximate surface area is 94.8 Å².